The van der Waals surface area contributed by atoms with Crippen molar-refractivity contribution in [2.75, 3.05) is 10.6 Å². The van der Waals surface area contributed by atoms with E-state index in [1.165, 1.54) is 36.9 Å². The number of hydrogen-bond acceptors (Lipinski definition) is 4. The number of nitrogens with zero attached hydrogens (tertiary/aromatic N) is 2. The van der Waals surface area contributed by atoms with Gasteiger partial charge in [-0.05, 0) is 18.2 Å². The van der Waals surface area contributed by atoms with Crippen LogP contribution in [0, 0.1) is 0 Å². The second-order valence-electron chi connectivity index (χ2n) is 3.71. The summed E-state index contributed by atoms with van der Waals surface area (Å²) in [6.45, 7) is 0. The van der Waals surface area contributed by atoms with Crippen molar-refractivity contribution in [2.24, 2.45) is 0 Å². The van der Waals surface area contributed by atoms with Crippen LogP contribution in [0.2, 0.25) is 5.02 Å². The van der Waals surface area contributed by atoms with Gasteiger partial charge in [-0.2, -0.15) is 0 Å². The van der Waals surface area contributed by atoms with E-state index in [1.807, 2.05) is 0 Å². The Labute approximate surface area is 118 Å². The SMILES string of the molecule is O=C(Nc1cncnc1)Nc1ccc(Cl)c(C(=O)O)c1. The van der Waals surface area contributed by atoms with Crippen molar-refractivity contribution in [3.05, 3.63) is 47.5 Å². The van der Waals surface area contributed by atoms with Crippen molar-refractivity contribution in [1.82, 2.24) is 9.97 Å². The second-order valence-corrected chi connectivity index (χ2v) is 4.11. The van der Waals surface area contributed by atoms with E-state index in [2.05, 4.69) is 20.6 Å². The maximum atomic E-state index is 11.7. The summed E-state index contributed by atoms with van der Waals surface area (Å²) in [5.74, 6) is -1.17. The van der Waals surface area contributed by atoms with Crippen LogP contribution in [0.3, 0.4) is 0 Å². The molecule has 2 aromatic rings. The number of rotatable bonds is 3. The molecule has 0 aliphatic heterocycles. The Morgan fingerprint density at radius 2 is 1.75 bits per heavy atom. The van der Waals surface area contributed by atoms with Crippen LogP contribution in [-0.2, 0) is 0 Å². The molecule has 0 unspecified atom stereocenters. The molecular formula is C12H9ClN4O3. The van der Waals surface area contributed by atoms with E-state index < -0.39 is 12.0 Å². The zero-order chi connectivity index (χ0) is 14.5. The minimum atomic E-state index is -1.17. The molecule has 20 heavy (non-hydrogen) atoms. The van der Waals surface area contributed by atoms with Gasteiger partial charge in [0.2, 0.25) is 0 Å². The van der Waals surface area contributed by atoms with Crippen LogP contribution in [-0.4, -0.2) is 27.1 Å². The summed E-state index contributed by atoms with van der Waals surface area (Å²) in [4.78, 5) is 30.1. The van der Waals surface area contributed by atoms with Gasteiger partial charge in [-0.15, -0.1) is 0 Å². The number of carbonyl (C=O) groups excluding carboxylic acids is 1. The molecule has 0 radical (unpaired) electrons. The number of carbonyl (C=O) groups is 2. The number of amides is 2. The van der Waals surface area contributed by atoms with E-state index in [0.717, 1.165) is 0 Å². The van der Waals surface area contributed by atoms with Gasteiger partial charge in [0.1, 0.15) is 6.33 Å². The number of aromatic nitrogens is 2. The molecule has 8 heteroatoms. The van der Waals surface area contributed by atoms with E-state index in [0.29, 0.717) is 11.4 Å². The molecule has 7 nitrogen and oxygen atoms in total. The predicted octanol–water partition coefficient (Wildman–Crippen LogP) is 2.47. The van der Waals surface area contributed by atoms with E-state index in [9.17, 15) is 9.59 Å². The van der Waals surface area contributed by atoms with Gasteiger partial charge in [0, 0.05) is 5.69 Å². The monoisotopic (exact) mass is 292 g/mol. The van der Waals surface area contributed by atoms with Crippen LogP contribution in [0.4, 0.5) is 16.2 Å². The minimum Gasteiger partial charge on any atom is -0.478 e. The summed E-state index contributed by atoms with van der Waals surface area (Å²) in [6, 6.07) is 3.62. The molecule has 2 amide bonds. The number of nitrogens with one attached hydrogen (secondary N) is 2. The summed E-state index contributed by atoms with van der Waals surface area (Å²) in [6.07, 6.45) is 4.19. The quantitative estimate of drug-likeness (QED) is 0.806. The molecule has 102 valence electrons. The number of carboxylic acid groups (broad SMARTS) is 1. The molecule has 0 atom stereocenters. The lowest BCUT2D eigenvalue weighted by atomic mass is 10.2. The lowest BCUT2D eigenvalue weighted by Crippen LogP contribution is -2.19. The summed E-state index contributed by atoms with van der Waals surface area (Å²) in [5, 5.41) is 14.0. The zero-order valence-corrected chi connectivity index (χ0v) is 10.8. The first kappa shape index (κ1) is 13.8. The van der Waals surface area contributed by atoms with Gasteiger partial charge >= 0.3 is 12.0 Å². The van der Waals surface area contributed by atoms with Crippen molar-refractivity contribution in [2.45, 2.75) is 0 Å². The molecule has 0 saturated carbocycles. The Morgan fingerprint density at radius 1 is 1.10 bits per heavy atom. The fraction of sp³-hybridized carbons (Fsp3) is 0. The fourth-order valence-corrected chi connectivity index (χ4v) is 1.62. The first-order valence-corrected chi connectivity index (χ1v) is 5.80. The van der Waals surface area contributed by atoms with E-state index >= 15 is 0 Å². The third kappa shape index (κ3) is 3.42. The molecule has 0 fully saturated rings. The highest BCUT2D eigenvalue weighted by Crippen LogP contribution is 2.20. The molecule has 3 N–H and O–H groups in total. The van der Waals surface area contributed by atoms with E-state index in [4.69, 9.17) is 16.7 Å². The van der Waals surface area contributed by atoms with E-state index in [-0.39, 0.29) is 10.6 Å². The first-order valence-electron chi connectivity index (χ1n) is 5.42. The number of carboxylic acids is 1. The Balaban J connectivity index is 2.08. The molecule has 0 saturated heterocycles. The van der Waals surface area contributed by atoms with Gasteiger partial charge in [0.25, 0.3) is 0 Å². The van der Waals surface area contributed by atoms with Gasteiger partial charge < -0.3 is 15.7 Å². The summed E-state index contributed by atoms with van der Waals surface area (Å²) >= 11 is 5.73. The zero-order valence-electron chi connectivity index (χ0n) is 10.0. The maximum Gasteiger partial charge on any atom is 0.337 e. The fourth-order valence-electron chi connectivity index (χ4n) is 1.42. The molecule has 0 aliphatic carbocycles. The van der Waals surface area contributed by atoms with Crippen molar-refractivity contribution >= 4 is 35.0 Å². The minimum absolute atomic E-state index is 0.0903. The highest BCUT2D eigenvalue weighted by Gasteiger charge is 2.10. The summed E-state index contributed by atoms with van der Waals surface area (Å²) < 4.78 is 0. The maximum absolute atomic E-state index is 11.7. The second kappa shape index (κ2) is 5.98. The van der Waals surface area contributed by atoms with Crippen molar-refractivity contribution in [3.8, 4) is 0 Å². The largest absolute Gasteiger partial charge is 0.478 e. The van der Waals surface area contributed by atoms with Crippen LogP contribution < -0.4 is 10.6 Å². The molecule has 1 heterocycles. The number of halogens is 1. The van der Waals surface area contributed by atoms with Crippen molar-refractivity contribution in [1.29, 1.82) is 0 Å². The first-order chi connectivity index (χ1) is 9.56. The average Bonchev–Trinajstić information content (AvgIpc) is 2.41. The van der Waals surface area contributed by atoms with Gasteiger partial charge in [0.15, 0.2) is 0 Å². The summed E-state index contributed by atoms with van der Waals surface area (Å²) in [5.41, 5.74) is 0.631. The summed E-state index contributed by atoms with van der Waals surface area (Å²) in [7, 11) is 0. The van der Waals surface area contributed by atoms with Gasteiger partial charge in [-0.1, -0.05) is 11.6 Å². The number of anilines is 2. The predicted molar refractivity (Wildman–Crippen MR) is 73.1 cm³/mol. The average molecular weight is 293 g/mol. The third-order valence-corrected chi connectivity index (χ3v) is 2.60. The van der Waals surface area contributed by atoms with Crippen LogP contribution in [0.5, 0.6) is 0 Å². The molecule has 0 aliphatic rings. The lowest BCUT2D eigenvalue weighted by Gasteiger charge is -2.08. The van der Waals surface area contributed by atoms with Gasteiger partial charge in [-0.3, -0.25) is 0 Å². The van der Waals surface area contributed by atoms with Gasteiger partial charge in [-0.25, -0.2) is 19.6 Å². The lowest BCUT2D eigenvalue weighted by molar-refractivity contribution is 0.0697. The number of benzene rings is 1. The molecule has 1 aromatic carbocycles. The Hall–Kier alpha value is -2.67. The van der Waals surface area contributed by atoms with Gasteiger partial charge in [0.05, 0.1) is 28.7 Å². The number of hydrogen-bond donors (Lipinski definition) is 3. The molecule has 0 bridgehead atoms. The Morgan fingerprint density at radius 3 is 2.40 bits per heavy atom. The number of urea groups is 1. The highest BCUT2D eigenvalue weighted by atomic mass is 35.5. The highest BCUT2D eigenvalue weighted by molar-refractivity contribution is 6.33. The van der Waals surface area contributed by atoms with Crippen LogP contribution >= 0.6 is 11.6 Å². The van der Waals surface area contributed by atoms with Crippen LogP contribution in [0.15, 0.2) is 36.9 Å². The molecule has 0 spiro atoms. The topological polar surface area (TPSA) is 104 Å². The smallest absolute Gasteiger partial charge is 0.337 e. The third-order valence-electron chi connectivity index (χ3n) is 2.27. The molecular weight excluding hydrogens is 284 g/mol. The molecule has 1 aromatic heterocycles. The number of aromatic carboxylic acids is 1. The normalized spacial score (nSPS) is 9.85. The van der Waals surface area contributed by atoms with Crippen molar-refractivity contribution in [3.63, 3.8) is 0 Å². The molecule has 2 rings (SSSR count). The van der Waals surface area contributed by atoms with Crippen molar-refractivity contribution < 1.29 is 14.7 Å². The Kier molecular flexibility index (Phi) is 4.11. The van der Waals surface area contributed by atoms with E-state index in [1.54, 1.807) is 0 Å². The Bertz CT molecular complexity index is 648. The van der Waals surface area contributed by atoms with Crippen LogP contribution in [0.1, 0.15) is 10.4 Å². The van der Waals surface area contributed by atoms with Crippen LogP contribution in [0.25, 0.3) is 0 Å². The standard InChI is InChI=1S/C12H9ClN4O3/c13-10-2-1-7(3-9(10)11(18)19)16-12(20)17-8-4-14-6-15-5-8/h1-6H,(H,18,19)(H2,16,17,20).